The highest BCUT2D eigenvalue weighted by Gasteiger charge is 2.71. The number of carbonyl (C=O) groups is 1. The van der Waals surface area contributed by atoms with Crippen molar-refractivity contribution in [2.45, 2.75) is 45.1 Å². The first kappa shape index (κ1) is 24.6. The number of alkyl halides is 6. The minimum absolute atomic E-state index is 0.00926. The molecular formula is C21H20F7NO2. The fourth-order valence-corrected chi connectivity index (χ4v) is 2.88. The van der Waals surface area contributed by atoms with Gasteiger partial charge in [-0.25, -0.2) is 4.39 Å². The van der Waals surface area contributed by atoms with Crippen molar-refractivity contribution in [3.63, 3.8) is 0 Å². The lowest BCUT2D eigenvalue weighted by molar-refractivity contribution is -0.376. The molecule has 0 heterocycles. The van der Waals surface area contributed by atoms with Crippen molar-refractivity contribution in [2.24, 2.45) is 5.41 Å². The molecule has 2 aromatic carbocycles. The quantitative estimate of drug-likeness (QED) is 0.546. The van der Waals surface area contributed by atoms with Crippen molar-refractivity contribution in [3.05, 3.63) is 53.8 Å². The Morgan fingerprint density at radius 3 is 1.84 bits per heavy atom. The molecule has 0 aliphatic carbocycles. The Hall–Kier alpha value is -2.62. The molecule has 0 bridgehead atoms. The molecule has 0 unspecified atom stereocenters. The molecule has 0 aromatic heterocycles. The third kappa shape index (κ3) is 5.36. The molecule has 1 amide bonds. The third-order valence-corrected chi connectivity index (χ3v) is 4.38. The van der Waals surface area contributed by atoms with Crippen LogP contribution in [-0.2, 0) is 10.4 Å². The molecule has 0 aliphatic rings. The van der Waals surface area contributed by atoms with Crippen LogP contribution in [-0.4, -0.2) is 23.4 Å². The van der Waals surface area contributed by atoms with Gasteiger partial charge >= 0.3 is 12.4 Å². The predicted octanol–water partition coefficient (Wildman–Crippen LogP) is 6.18. The maximum absolute atomic E-state index is 14.4. The molecule has 3 nitrogen and oxygen atoms in total. The van der Waals surface area contributed by atoms with Gasteiger partial charge in [-0.15, -0.1) is 0 Å². The number of carbonyl (C=O) groups excluding carboxylic acids is 1. The van der Waals surface area contributed by atoms with Crippen LogP contribution in [0.25, 0.3) is 11.1 Å². The van der Waals surface area contributed by atoms with Crippen LogP contribution in [0.3, 0.4) is 0 Å². The van der Waals surface area contributed by atoms with E-state index in [-0.39, 0.29) is 34.9 Å². The van der Waals surface area contributed by atoms with Gasteiger partial charge < -0.3 is 10.4 Å². The van der Waals surface area contributed by atoms with E-state index in [1.165, 1.54) is 24.3 Å². The molecule has 0 radical (unpaired) electrons. The summed E-state index contributed by atoms with van der Waals surface area (Å²) in [6, 6.07) is 6.65. The molecular weight excluding hydrogens is 431 g/mol. The van der Waals surface area contributed by atoms with E-state index in [2.05, 4.69) is 5.32 Å². The molecule has 2 N–H and O–H groups in total. The largest absolute Gasteiger partial charge is 0.430 e. The second kappa shape index (κ2) is 8.14. The van der Waals surface area contributed by atoms with E-state index < -0.39 is 29.3 Å². The first-order chi connectivity index (χ1) is 14.0. The standard InChI is InChI=1S/C21H20F7NO2/c1-18(2,3)11-17(30)29-14-7-4-12(5-8-14)15-9-6-13(10-16(15)22)19(31,20(23,24)25)21(26,27)28/h4-10,31H,11H2,1-3H3,(H,29,30). The first-order valence-electron chi connectivity index (χ1n) is 9.02. The van der Waals surface area contributed by atoms with E-state index in [1.807, 2.05) is 20.8 Å². The summed E-state index contributed by atoms with van der Waals surface area (Å²) in [6.07, 6.45) is -12.0. The second-order valence-electron chi connectivity index (χ2n) is 8.26. The highest BCUT2D eigenvalue weighted by atomic mass is 19.4. The average Bonchev–Trinajstić information content (AvgIpc) is 2.58. The molecule has 2 aromatic rings. The zero-order valence-corrected chi connectivity index (χ0v) is 16.7. The molecule has 0 spiro atoms. The summed E-state index contributed by atoms with van der Waals surface area (Å²) in [5.41, 5.74) is -6.87. The monoisotopic (exact) mass is 451 g/mol. The minimum atomic E-state index is -6.11. The van der Waals surface area contributed by atoms with Crippen molar-refractivity contribution >= 4 is 11.6 Å². The summed E-state index contributed by atoms with van der Waals surface area (Å²) in [5, 5.41) is 12.0. The Bertz CT molecular complexity index is 928. The van der Waals surface area contributed by atoms with Gasteiger partial charge in [-0.1, -0.05) is 45.0 Å². The number of hydrogen-bond donors (Lipinski definition) is 2. The Kier molecular flexibility index (Phi) is 6.47. The lowest BCUT2D eigenvalue weighted by atomic mass is 9.90. The summed E-state index contributed by atoms with van der Waals surface area (Å²) >= 11 is 0. The number of benzene rings is 2. The number of rotatable bonds is 4. The van der Waals surface area contributed by atoms with Gasteiger partial charge in [-0.2, -0.15) is 26.3 Å². The van der Waals surface area contributed by atoms with Gasteiger partial charge in [-0.3, -0.25) is 4.79 Å². The summed E-state index contributed by atoms with van der Waals surface area (Å²) in [7, 11) is 0. The van der Waals surface area contributed by atoms with Gasteiger partial charge in [0.15, 0.2) is 0 Å². The number of anilines is 1. The Balaban J connectivity index is 2.33. The summed E-state index contributed by atoms with van der Waals surface area (Å²) in [5.74, 6) is -1.64. The fraction of sp³-hybridized carbons (Fsp3) is 0.381. The number of halogens is 7. The van der Waals surface area contributed by atoms with E-state index in [4.69, 9.17) is 0 Å². The molecule has 2 rings (SSSR count). The van der Waals surface area contributed by atoms with Crippen molar-refractivity contribution in [3.8, 4) is 11.1 Å². The highest BCUT2D eigenvalue weighted by Crippen LogP contribution is 2.50. The van der Waals surface area contributed by atoms with Crippen molar-refractivity contribution in [2.75, 3.05) is 5.32 Å². The molecule has 0 fully saturated rings. The number of hydrogen-bond acceptors (Lipinski definition) is 2. The van der Waals surface area contributed by atoms with Crippen LogP contribution in [0.5, 0.6) is 0 Å². The third-order valence-electron chi connectivity index (χ3n) is 4.38. The summed E-state index contributed by atoms with van der Waals surface area (Å²) in [4.78, 5) is 12.0. The molecule has 0 saturated heterocycles. The molecule has 170 valence electrons. The minimum Gasteiger partial charge on any atom is -0.369 e. The molecule has 10 heteroatoms. The van der Waals surface area contributed by atoms with E-state index in [9.17, 15) is 40.6 Å². The highest BCUT2D eigenvalue weighted by molar-refractivity contribution is 5.91. The average molecular weight is 451 g/mol. The fourth-order valence-electron chi connectivity index (χ4n) is 2.88. The molecule has 0 saturated carbocycles. The van der Waals surface area contributed by atoms with Crippen LogP contribution in [0.15, 0.2) is 42.5 Å². The topological polar surface area (TPSA) is 49.3 Å². The van der Waals surface area contributed by atoms with Crippen LogP contribution in [0.2, 0.25) is 0 Å². The number of amides is 1. The normalized spacial score (nSPS) is 13.3. The van der Waals surface area contributed by atoms with Crippen LogP contribution < -0.4 is 5.32 Å². The van der Waals surface area contributed by atoms with E-state index in [0.29, 0.717) is 11.8 Å². The Morgan fingerprint density at radius 2 is 1.42 bits per heavy atom. The maximum atomic E-state index is 14.4. The number of aliphatic hydroxyl groups is 1. The number of nitrogens with one attached hydrogen (secondary N) is 1. The van der Waals surface area contributed by atoms with Gasteiger partial charge in [0.25, 0.3) is 5.60 Å². The van der Waals surface area contributed by atoms with E-state index >= 15 is 0 Å². The first-order valence-corrected chi connectivity index (χ1v) is 9.02. The zero-order chi connectivity index (χ0) is 23.8. The van der Waals surface area contributed by atoms with Crippen molar-refractivity contribution < 1.29 is 40.6 Å². The zero-order valence-electron chi connectivity index (χ0n) is 16.7. The lowest BCUT2D eigenvalue weighted by Crippen LogP contribution is -2.53. The molecule has 0 aliphatic heterocycles. The molecule has 31 heavy (non-hydrogen) atoms. The van der Waals surface area contributed by atoms with Gasteiger partial charge in [0, 0.05) is 23.2 Å². The van der Waals surface area contributed by atoms with E-state index in [0.717, 1.165) is 6.07 Å². The summed E-state index contributed by atoms with van der Waals surface area (Å²) in [6.45, 7) is 5.63. The molecule has 0 atom stereocenters. The van der Waals surface area contributed by atoms with Crippen LogP contribution >= 0.6 is 0 Å². The van der Waals surface area contributed by atoms with Gasteiger partial charge in [0.05, 0.1) is 0 Å². The Morgan fingerprint density at radius 1 is 0.903 bits per heavy atom. The second-order valence-corrected chi connectivity index (χ2v) is 8.26. The SMILES string of the molecule is CC(C)(C)CC(=O)Nc1ccc(-c2ccc(C(O)(C(F)(F)F)C(F)(F)F)cc2F)cc1. The van der Waals surface area contributed by atoms with E-state index in [1.54, 1.807) is 0 Å². The van der Waals surface area contributed by atoms with Crippen LogP contribution in [0.4, 0.5) is 36.4 Å². The smallest absolute Gasteiger partial charge is 0.369 e. The van der Waals surface area contributed by atoms with Gasteiger partial charge in [-0.05, 0) is 29.2 Å². The van der Waals surface area contributed by atoms with Crippen molar-refractivity contribution in [1.82, 2.24) is 0 Å². The van der Waals surface area contributed by atoms with Crippen molar-refractivity contribution in [1.29, 1.82) is 0 Å². The lowest BCUT2D eigenvalue weighted by Gasteiger charge is -2.32. The Labute approximate surface area is 173 Å². The van der Waals surface area contributed by atoms with Crippen LogP contribution in [0.1, 0.15) is 32.8 Å². The van der Waals surface area contributed by atoms with Gasteiger partial charge in [0.1, 0.15) is 5.82 Å². The van der Waals surface area contributed by atoms with Crippen LogP contribution in [0, 0.1) is 11.2 Å². The summed E-state index contributed by atoms with van der Waals surface area (Å²) < 4.78 is 92.2. The maximum Gasteiger partial charge on any atom is 0.430 e. The van der Waals surface area contributed by atoms with Gasteiger partial charge in [0.2, 0.25) is 5.91 Å². The predicted molar refractivity (Wildman–Crippen MR) is 101 cm³/mol.